The first kappa shape index (κ1) is 36.1. The molecule has 3 rings (SSSR count). The highest BCUT2D eigenvalue weighted by atomic mass is 16.5. The second kappa shape index (κ2) is 20.1. The van der Waals surface area contributed by atoms with Crippen LogP contribution in [0, 0.1) is 0 Å². The summed E-state index contributed by atoms with van der Waals surface area (Å²) in [5, 5.41) is 22.6. The standard InChI is InChI=1S/C15H18.C13H22N2O3.C2H6.CH2N4/c1-5-7-15(12(3)4)14-10-8-13(6-2)9-11-14;1-5-7-9-14-10(12(16)18-4)11(15-9)13(3,17)8-6-2;1-2;1-2-4-5-3-1/h5,7-11H,1,3,6H2,2,4H3;17H,5-8H2,1-4H3,(H,14,15);1-2H3;1H,(H,2,3,4,5)/b15-7+;;;. The van der Waals surface area contributed by atoms with Crippen LogP contribution in [0.1, 0.15) is 101 Å². The Morgan fingerprint density at radius 2 is 1.80 bits per heavy atom. The van der Waals surface area contributed by atoms with Gasteiger partial charge in [0.25, 0.3) is 0 Å². The van der Waals surface area contributed by atoms with E-state index in [1.54, 1.807) is 13.0 Å². The molecule has 1 atom stereocenters. The Balaban J connectivity index is 0.000000619. The lowest BCUT2D eigenvalue weighted by atomic mass is 9.95. The van der Waals surface area contributed by atoms with E-state index in [4.69, 9.17) is 4.74 Å². The number of aromatic nitrogens is 6. The number of ether oxygens (including phenoxy) is 1. The molecule has 0 aliphatic rings. The minimum absolute atomic E-state index is 0.194. The molecule has 40 heavy (non-hydrogen) atoms. The molecule has 0 saturated heterocycles. The minimum atomic E-state index is -1.09. The third kappa shape index (κ3) is 12.3. The number of carbonyl (C=O) groups excluding carboxylic acids is 1. The van der Waals surface area contributed by atoms with E-state index in [-0.39, 0.29) is 5.69 Å². The molecule has 3 N–H and O–H groups in total. The van der Waals surface area contributed by atoms with Crippen LogP contribution in [-0.2, 0) is 23.2 Å². The summed E-state index contributed by atoms with van der Waals surface area (Å²) in [6.45, 7) is 21.6. The molecule has 0 bridgehead atoms. The number of tetrazole rings is 1. The van der Waals surface area contributed by atoms with Crippen molar-refractivity contribution < 1.29 is 14.6 Å². The third-order valence-electron chi connectivity index (χ3n) is 5.58. The zero-order valence-electron chi connectivity index (χ0n) is 25.5. The van der Waals surface area contributed by atoms with Gasteiger partial charge in [-0.3, -0.25) is 0 Å². The third-order valence-corrected chi connectivity index (χ3v) is 5.58. The Bertz CT molecular complexity index is 1130. The number of carbonyl (C=O) groups is 1. The molecule has 0 saturated carbocycles. The average molecular weight is 553 g/mol. The number of rotatable bonds is 10. The summed E-state index contributed by atoms with van der Waals surface area (Å²) < 4.78 is 4.71. The van der Waals surface area contributed by atoms with E-state index in [2.05, 4.69) is 74.9 Å². The quantitative estimate of drug-likeness (QED) is 0.187. The molecular formula is C31H48N6O3. The summed E-state index contributed by atoms with van der Waals surface area (Å²) in [6.07, 6.45) is 9.26. The number of aliphatic hydroxyl groups is 1. The van der Waals surface area contributed by atoms with Crippen molar-refractivity contribution >= 4 is 11.5 Å². The molecule has 220 valence electrons. The fourth-order valence-corrected chi connectivity index (χ4v) is 3.68. The fourth-order valence-electron chi connectivity index (χ4n) is 3.68. The number of nitrogens with one attached hydrogen (secondary N) is 2. The zero-order chi connectivity index (χ0) is 30.6. The lowest BCUT2D eigenvalue weighted by molar-refractivity contribution is 0.0377. The smallest absolute Gasteiger partial charge is 0.358 e. The number of aryl methyl sites for hydroxylation is 2. The molecule has 0 amide bonds. The van der Waals surface area contributed by atoms with Crippen LogP contribution in [-0.4, -0.2) is 48.8 Å². The fraction of sp³-hybridized carbons (Fsp3) is 0.452. The number of H-pyrrole nitrogens is 2. The van der Waals surface area contributed by atoms with E-state index in [0.29, 0.717) is 17.9 Å². The van der Waals surface area contributed by atoms with E-state index in [0.717, 1.165) is 36.8 Å². The average Bonchev–Trinajstić information content (AvgIpc) is 3.67. The summed E-state index contributed by atoms with van der Waals surface area (Å²) in [6, 6.07) is 8.61. The van der Waals surface area contributed by atoms with E-state index in [1.807, 2.05) is 40.7 Å². The van der Waals surface area contributed by atoms with Crippen LogP contribution < -0.4 is 0 Å². The normalized spacial score (nSPS) is 11.8. The maximum absolute atomic E-state index is 11.7. The van der Waals surface area contributed by atoms with Crippen molar-refractivity contribution in [1.29, 1.82) is 0 Å². The molecule has 2 heterocycles. The summed E-state index contributed by atoms with van der Waals surface area (Å²) in [7, 11) is 1.31. The predicted octanol–water partition coefficient (Wildman–Crippen LogP) is 6.78. The highest BCUT2D eigenvalue weighted by Gasteiger charge is 2.31. The Hall–Kier alpha value is -3.85. The number of nitrogens with zero attached hydrogens (tertiary/aromatic N) is 4. The molecule has 0 fully saturated rings. The second-order valence-corrected chi connectivity index (χ2v) is 8.88. The van der Waals surface area contributed by atoms with Crippen molar-refractivity contribution in [2.75, 3.05) is 7.11 Å². The molecule has 9 nitrogen and oxygen atoms in total. The maximum Gasteiger partial charge on any atom is 0.358 e. The van der Waals surface area contributed by atoms with Crippen LogP contribution in [0.25, 0.3) is 5.57 Å². The number of hydrogen-bond acceptors (Lipinski definition) is 7. The van der Waals surface area contributed by atoms with Gasteiger partial charge >= 0.3 is 5.97 Å². The summed E-state index contributed by atoms with van der Waals surface area (Å²) in [5.41, 5.74) is 4.36. The summed E-state index contributed by atoms with van der Waals surface area (Å²) >= 11 is 0. The van der Waals surface area contributed by atoms with Crippen LogP contribution >= 0.6 is 0 Å². The van der Waals surface area contributed by atoms with Gasteiger partial charge in [0.1, 0.15) is 11.4 Å². The van der Waals surface area contributed by atoms with Gasteiger partial charge in [0, 0.05) is 6.42 Å². The minimum Gasteiger partial charge on any atom is -0.464 e. The van der Waals surface area contributed by atoms with Crippen molar-refractivity contribution in [3.63, 3.8) is 0 Å². The van der Waals surface area contributed by atoms with Gasteiger partial charge in [-0.25, -0.2) is 9.78 Å². The molecule has 0 spiro atoms. The molecule has 0 aliphatic carbocycles. The zero-order valence-corrected chi connectivity index (χ0v) is 25.5. The largest absolute Gasteiger partial charge is 0.464 e. The Kier molecular flexibility index (Phi) is 18.2. The number of imidazole rings is 1. The maximum atomic E-state index is 11.7. The Morgan fingerprint density at radius 3 is 2.20 bits per heavy atom. The van der Waals surface area contributed by atoms with Crippen molar-refractivity contribution in [2.45, 2.75) is 86.2 Å². The SMILES string of the molecule is C=C/C=C(\C(=C)C)c1ccc(CC)cc1.CC.CCCc1nc(C(=O)OC)c(C(C)(O)CCC)[nH]1.c1nn[nH]n1. The van der Waals surface area contributed by atoms with Gasteiger partial charge in [0.05, 0.1) is 12.8 Å². The van der Waals surface area contributed by atoms with Crippen LogP contribution in [0.2, 0.25) is 0 Å². The van der Waals surface area contributed by atoms with Crippen LogP contribution in [0.5, 0.6) is 0 Å². The van der Waals surface area contributed by atoms with Crippen LogP contribution in [0.4, 0.5) is 0 Å². The highest BCUT2D eigenvalue weighted by Crippen LogP contribution is 2.28. The van der Waals surface area contributed by atoms with Crippen molar-refractivity contribution in [2.24, 2.45) is 0 Å². The van der Waals surface area contributed by atoms with Gasteiger partial charge in [-0.2, -0.15) is 5.21 Å². The van der Waals surface area contributed by atoms with Gasteiger partial charge in [0.15, 0.2) is 12.0 Å². The molecule has 3 aromatic rings. The first-order valence-electron chi connectivity index (χ1n) is 13.8. The highest BCUT2D eigenvalue weighted by molar-refractivity contribution is 5.88. The predicted molar refractivity (Wildman–Crippen MR) is 163 cm³/mol. The van der Waals surface area contributed by atoms with Gasteiger partial charge in [-0.05, 0) is 49.8 Å². The van der Waals surface area contributed by atoms with Gasteiger partial charge in [0.2, 0.25) is 0 Å². The first-order valence-corrected chi connectivity index (χ1v) is 13.8. The van der Waals surface area contributed by atoms with E-state index in [9.17, 15) is 9.90 Å². The lowest BCUT2D eigenvalue weighted by Crippen LogP contribution is -2.24. The number of benzene rings is 1. The summed E-state index contributed by atoms with van der Waals surface area (Å²) in [5.74, 6) is 0.198. The van der Waals surface area contributed by atoms with Gasteiger partial charge in [-0.15, -0.1) is 10.2 Å². The second-order valence-electron chi connectivity index (χ2n) is 8.88. The van der Waals surface area contributed by atoms with Gasteiger partial charge in [-0.1, -0.05) is 101 Å². The molecule has 1 aromatic carbocycles. The lowest BCUT2D eigenvalue weighted by Gasteiger charge is -2.21. The van der Waals surface area contributed by atoms with E-state index >= 15 is 0 Å². The molecule has 0 radical (unpaired) electrons. The molecule has 9 heteroatoms. The van der Waals surface area contributed by atoms with E-state index < -0.39 is 11.6 Å². The number of aromatic amines is 2. The topological polar surface area (TPSA) is 130 Å². The van der Waals surface area contributed by atoms with Crippen molar-refractivity contribution in [1.82, 2.24) is 30.6 Å². The molecule has 2 aromatic heterocycles. The first-order chi connectivity index (χ1) is 19.1. The van der Waals surface area contributed by atoms with Crippen molar-refractivity contribution in [3.8, 4) is 0 Å². The summed E-state index contributed by atoms with van der Waals surface area (Å²) in [4.78, 5) is 19.0. The van der Waals surface area contributed by atoms with Gasteiger partial charge < -0.3 is 14.8 Å². The van der Waals surface area contributed by atoms with Crippen LogP contribution in [0.15, 0.2) is 61.5 Å². The molecule has 1 unspecified atom stereocenters. The van der Waals surface area contributed by atoms with Crippen molar-refractivity contribution in [3.05, 3.63) is 89.8 Å². The van der Waals surface area contributed by atoms with E-state index in [1.165, 1.54) is 24.6 Å². The Labute approximate surface area is 239 Å². The molecule has 0 aliphatic heterocycles. The number of hydrogen-bond donors (Lipinski definition) is 3. The number of allylic oxidation sites excluding steroid dienone is 4. The molecular weight excluding hydrogens is 504 g/mol. The number of methoxy groups -OCH3 is 1. The number of esters is 1. The Morgan fingerprint density at radius 1 is 1.15 bits per heavy atom. The monoisotopic (exact) mass is 552 g/mol. The van der Waals surface area contributed by atoms with Crippen LogP contribution in [0.3, 0.4) is 0 Å².